The van der Waals surface area contributed by atoms with E-state index in [1.807, 2.05) is 6.07 Å². The van der Waals surface area contributed by atoms with E-state index in [1.165, 1.54) is 24.4 Å². The predicted molar refractivity (Wildman–Crippen MR) is 130 cm³/mol. The van der Waals surface area contributed by atoms with Crippen molar-refractivity contribution in [3.05, 3.63) is 69.6 Å². The second-order valence-electron chi connectivity index (χ2n) is 9.01. The maximum atomic E-state index is 14.3. The average Bonchev–Trinajstić information content (AvgIpc) is 2.82. The number of hydrogen-bond acceptors (Lipinski definition) is 7. The van der Waals surface area contributed by atoms with E-state index < -0.39 is 11.7 Å². The van der Waals surface area contributed by atoms with E-state index in [-0.39, 0.29) is 40.4 Å². The van der Waals surface area contributed by atoms with E-state index in [1.54, 1.807) is 6.07 Å². The molecule has 0 bridgehead atoms. The smallest absolute Gasteiger partial charge is 0.268 e. The van der Waals surface area contributed by atoms with Gasteiger partial charge in [0, 0.05) is 24.0 Å². The number of benzene rings is 2. The second kappa shape index (κ2) is 8.48. The molecular formula is C25H22ClFN6O2. The molecule has 2 aliphatic rings. The number of amides is 1. The Kier molecular flexibility index (Phi) is 5.58. The zero-order valence-corrected chi connectivity index (χ0v) is 20.1. The number of ether oxygens (including phenoxy) is 1. The molecule has 8 nitrogen and oxygen atoms in total. The number of carbonyl (C=O) groups is 1. The van der Waals surface area contributed by atoms with Gasteiger partial charge < -0.3 is 10.1 Å². The lowest BCUT2D eigenvalue weighted by Gasteiger charge is -2.42. The number of fused-ring (bicyclic) bond motifs is 2. The number of carbonyl (C=O) groups excluding carboxylic acids is 1. The molecule has 1 amide bonds. The van der Waals surface area contributed by atoms with Crippen LogP contribution in [0.15, 0.2) is 36.5 Å². The summed E-state index contributed by atoms with van der Waals surface area (Å²) in [6.45, 7) is 4.85. The molecule has 178 valence electrons. The molecule has 3 heterocycles. The van der Waals surface area contributed by atoms with Crippen molar-refractivity contribution in [2.75, 3.05) is 30.5 Å². The van der Waals surface area contributed by atoms with Crippen LogP contribution in [0.5, 0.6) is 5.88 Å². The van der Waals surface area contributed by atoms with Gasteiger partial charge in [0.05, 0.1) is 16.7 Å². The Morgan fingerprint density at radius 2 is 2.11 bits per heavy atom. The van der Waals surface area contributed by atoms with Crippen LogP contribution in [0.3, 0.4) is 0 Å². The summed E-state index contributed by atoms with van der Waals surface area (Å²) in [6.07, 6.45) is 2.14. The van der Waals surface area contributed by atoms with Crippen LogP contribution in [-0.4, -0.2) is 41.1 Å². The fraction of sp³-hybridized carbons (Fsp3) is 0.280. The van der Waals surface area contributed by atoms with E-state index in [4.69, 9.17) is 16.3 Å². The van der Waals surface area contributed by atoms with Gasteiger partial charge in [-0.15, -0.1) is 0 Å². The molecule has 0 saturated carbocycles. The molecule has 10 heteroatoms. The van der Waals surface area contributed by atoms with Crippen molar-refractivity contribution in [1.29, 1.82) is 5.26 Å². The fourth-order valence-electron chi connectivity index (χ4n) is 4.60. The number of rotatable bonds is 3. The molecule has 0 aliphatic carbocycles. The summed E-state index contributed by atoms with van der Waals surface area (Å²) in [5.41, 5.74) is 3.14. The molecule has 0 spiro atoms. The van der Waals surface area contributed by atoms with Crippen molar-refractivity contribution in [3.8, 4) is 11.9 Å². The first kappa shape index (κ1) is 23.0. The van der Waals surface area contributed by atoms with Crippen LogP contribution in [0.1, 0.15) is 40.9 Å². The molecule has 0 fully saturated rings. The van der Waals surface area contributed by atoms with Gasteiger partial charge in [0.2, 0.25) is 11.8 Å². The lowest BCUT2D eigenvalue weighted by Crippen LogP contribution is -2.44. The van der Waals surface area contributed by atoms with Gasteiger partial charge in [0.25, 0.3) is 5.91 Å². The van der Waals surface area contributed by atoms with E-state index in [0.29, 0.717) is 11.3 Å². The summed E-state index contributed by atoms with van der Waals surface area (Å²) in [5.74, 6) is -0.855. The van der Waals surface area contributed by atoms with Gasteiger partial charge in [-0.05, 0) is 62.7 Å². The van der Waals surface area contributed by atoms with Gasteiger partial charge in [-0.1, -0.05) is 17.7 Å². The number of para-hydroxylation sites is 1. The highest BCUT2D eigenvalue weighted by Crippen LogP contribution is 2.38. The highest BCUT2D eigenvalue weighted by atomic mass is 35.5. The van der Waals surface area contributed by atoms with Crippen molar-refractivity contribution < 1.29 is 13.9 Å². The molecule has 1 N–H and O–H groups in total. The van der Waals surface area contributed by atoms with Crippen molar-refractivity contribution in [1.82, 2.24) is 14.9 Å². The molecule has 2 aromatic carbocycles. The summed E-state index contributed by atoms with van der Waals surface area (Å²) >= 11 is 6.12. The van der Waals surface area contributed by atoms with E-state index >= 15 is 0 Å². The predicted octanol–water partition coefficient (Wildman–Crippen LogP) is 4.60. The van der Waals surface area contributed by atoms with Crippen molar-refractivity contribution in [2.24, 2.45) is 0 Å². The number of likely N-dealkylation sites (N-methyl/N-ethyl adjacent to an activating group) is 1. The Balaban J connectivity index is 1.44. The van der Waals surface area contributed by atoms with Gasteiger partial charge >= 0.3 is 0 Å². The molecular weight excluding hydrogens is 471 g/mol. The lowest BCUT2D eigenvalue weighted by molar-refractivity contribution is 0.0931. The van der Waals surface area contributed by atoms with Crippen LogP contribution < -0.4 is 15.0 Å². The summed E-state index contributed by atoms with van der Waals surface area (Å²) in [4.78, 5) is 24.9. The molecule has 3 aromatic rings. The summed E-state index contributed by atoms with van der Waals surface area (Å²) in [5, 5.41) is 13.0. The third-order valence-corrected chi connectivity index (χ3v) is 6.95. The van der Waals surface area contributed by atoms with Gasteiger partial charge in [-0.25, -0.2) is 9.37 Å². The van der Waals surface area contributed by atoms with E-state index in [2.05, 4.69) is 47.1 Å². The number of nitrogens with zero attached hydrogens (tertiary/aromatic N) is 5. The van der Waals surface area contributed by atoms with Gasteiger partial charge in [-0.2, -0.15) is 10.2 Å². The minimum atomic E-state index is -0.632. The van der Waals surface area contributed by atoms with Gasteiger partial charge in [0.1, 0.15) is 17.1 Å². The first-order valence-corrected chi connectivity index (χ1v) is 11.4. The van der Waals surface area contributed by atoms with E-state index in [9.17, 15) is 14.4 Å². The number of anilines is 3. The number of hydrogen-bond donors (Lipinski definition) is 1. The van der Waals surface area contributed by atoms with Crippen LogP contribution >= 0.6 is 11.6 Å². The molecule has 2 aliphatic heterocycles. The van der Waals surface area contributed by atoms with E-state index in [0.717, 1.165) is 29.0 Å². The van der Waals surface area contributed by atoms with Crippen LogP contribution in [0.2, 0.25) is 5.02 Å². The zero-order valence-electron chi connectivity index (χ0n) is 19.4. The minimum Gasteiger partial charge on any atom is -0.455 e. The summed E-state index contributed by atoms with van der Waals surface area (Å²) in [6, 6.07) is 10.3. The third-order valence-electron chi connectivity index (χ3n) is 6.65. The topological polar surface area (TPSA) is 94.4 Å². The molecule has 5 rings (SSSR count). The molecule has 0 atom stereocenters. The summed E-state index contributed by atoms with van der Waals surface area (Å²) in [7, 11) is 2.06. The molecule has 1 aromatic heterocycles. The number of aromatic nitrogens is 2. The Morgan fingerprint density at radius 1 is 1.31 bits per heavy atom. The fourth-order valence-corrected chi connectivity index (χ4v) is 4.86. The monoisotopic (exact) mass is 492 g/mol. The zero-order chi connectivity index (χ0) is 24.9. The van der Waals surface area contributed by atoms with Gasteiger partial charge in [0.15, 0.2) is 6.73 Å². The van der Waals surface area contributed by atoms with Crippen molar-refractivity contribution >= 4 is 34.8 Å². The van der Waals surface area contributed by atoms with Crippen LogP contribution in [-0.2, 0) is 12.0 Å². The number of halogens is 2. The maximum Gasteiger partial charge on any atom is 0.268 e. The Bertz CT molecular complexity index is 1380. The quantitative estimate of drug-likeness (QED) is 0.570. The van der Waals surface area contributed by atoms with Crippen LogP contribution in [0.4, 0.5) is 21.7 Å². The van der Waals surface area contributed by atoms with Crippen LogP contribution in [0.25, 0.3) is 0 Å². The molecule has 35 heavy (non-hydrogen) atoms. The number of nitrogens with one attached hydrogen (secondary N) is 1. The average molecular weight is 493 g/mol. The Hall–Kier alpha value is -3.74. The van der Waals surface area contributed by atoms with Crippen molar-refractivity contribution in [3.63, 3.8) is 0 Å². The SMILES string of the molecule is CN1CCc2cc(Nc3ncc4c(n3)OCN(c3c(F)cccc3Cl)C4=O)cc(C#N)c2C1(C)C. The molecule has 0 saturated heterocycles. The molecule has 0 unspecified atom stereocenters. The lowest BCUT2D eigenvalue weighted by atomic mass is 9.80. The minimum absolute atomic E-state index is 0.0568. The molecule has 0 radical (unpaired) electrons. The largest absolute Gasteiger partial charge is 0.455 e. The van der Waals surface area contributed by atoms with Crippen LogP contribution in [0, 0.1) is 17.1 Å². The first-order valence-electron chi connectivity index (χ1n) is 11.0. The highest BCUT2D eigenvalue weighted by molar-refractivity contribution is 6.34. The summed E-state index contributed by atoms with van der Waals surface area (Å²) < 4.78 is 20.0. The first-order chi connectivity index (χ1) is 16.7. The maximum absolute atomic E-state index is 14.3. The standard InChI is InChI=1S/C25H22ClFN6O2/c1-25(2)20-14(7-8-32(25)3)9-16(10-15(20)11-28)30-24-29-12-17-22(31-24)35-13-33(23(17)34)21-18(26)5-4-6-19(21)27/h4-6,9-10,12H,7-8,13H2,1-3H3,(H,29,30,31). The Morgan fingerprint density at radius 3 is 2.86 bits per heavy atom. The van der Waals surface area contributed by atoms with Crippen molar-refractivity contribution in [2.45, 2.75) is 25.8 Å². The number of nitriles is 1. The second-order valence-corrected chi connectivity index (χ2v) is 9.42. The highest BCUT2D eigenvalue weighted by Gasteiger charge is 2.35. The Labute approximate surface area is 206 Å². The van der Waals surface area contributed by atoms with Gasteiger partial charge in [-0.3, -0.25) is 14.6 Å². The third kappa shape index (κ3) is 3.85. The normalized spacial score (nSPS) is 16.7.